The van der Waals surface area contributed by atoms with Crippen LogP contribution < -0.4 is 5.32 Å². The number of fused-ring (bicyclic) bond motifs is 3. The van der Waals surface area contributed by atoms with Crippen LogP contribution in [0.4, 0.5) is 4.79 Å². The molecule has 7 nitrogen and oxygen atoms in total. The molecule has 180 valence electrons. The highest BCUT2D eigenvalue weighted by Crippen LogP contribution is 2.44. The smallest absolute Gasteiger partial charge is 0.407 e. The molecule has 0 aliphatic heterocycles. The summed E-state index contributed by atoms with van der Waals surface area (Å²) in [6.07, 6.45) is 1.35. The molecule has 0 heterocycles. The van der Waals surface area contributed by atoms with Crippen molar-refractivity contribution in [3.05, 3.63) is 71.3 Å². The van der Waals surface area contributed by atoms with Gasteiger partial charge >= 0.3 is 12.1 Å². The Kier molecular flexibility index (Phi) is 8.46. The van der Waals surface area contributed by atoms with Gasteiger partial charge in [0.25, 0.3) is 0 Å². The van der Waals surface area contributed by atoms with E-state index in [4.69, 9.17) is 9.84 Å². The third-order valence-corrected chi connectivity index (χ3v) is 5.98. The van der Waals surface area contributed by atoms with Gasteiger partial charge in [0.1, 0.15) is 12.6 Å². The number of alkyl carbamates (subject to hydrolysis) is 1. The zero-order valence-corrected chi connectivity index (χ0v) is 19.9. The van der Waals surface area contributed by atoms with E-state index in [2.05, 4.69) is 17.4 Å². The number of amides is 2. The Balaban J connectivity index is 1.69. The van der Waals surface area contributed by atoms with Crippen molar-refractivity contribution in [2.45, 2.75) is 45.6 Å². The standard InChI is InChI=1S/C27H32N2O5/c1-4-29(16-15-25(30)31)26(32)24(14-13-18(2)3)28-27(33)34-17-23-21-11-7-5-9-19(21)20-10-6-8-12-22(20)23/h5-13,23-24H,4,14-17H2,1-3H3,(H,28,33)(H,30,31). The van der Waals surface area contributed by atoms with E-state index in [1.54, 1.807) is 6.92 Å². The van der Waals surface area contributed by atoms with E-state index in [0.717, 1.165) is 27.8 Å². The number of carboxylic acids is 1. The first-order chi connectivity index (χ1) is 16.3. The zero-order valence-electron chi connectivity index (χ0n) is 19.9. The van der Waals surface area contributed by atoms with Crippen LogP contribution in [0, 0.1) is 0 Å². The molecule has 2 aromatic carbocycles. The summed E-state index contributed by atoms with van der Waals surface area (Å²) in [5.41, 5.74) is 5.51. The van der Waals surface area contributed by atoms with Crippen molar-refractivity contribution in [1.29, 1.82) is 0 Å². The molecule has 0 saturated carbocycles. The lowest BCUT2D eigenvalue weighted by molar-refractivity contribution is -0.139. The van der Waals surface area contributed by atoms with Crippen molar-refractivity contribution >= 4 is 18.0 Å². The SMILES string of the molecule is CCN(CCC(=O)O)C(=O)C(CC=C(C)C)NC(=O)OCC1c2ccccc2-c2ccccc21. The highest BCUT2D eigenvalue weighted by molar-refractivity contribution is 5.86. The summed E-state index contributed by atoms with van der Waals surface area (Å²) < 4.78 is 5.60. The fraction of sp³-hybridized carbons (Fsp3) is 0.370. The van der Waals surface area contributed by atoms with Crippen molar-refractivity contribution in [1.82, 2.24) is 10.2 Å². The number of carboxylic acid groups (broad SMARTS) is 1. The van der Waals surface area contributed by atoms with Crippen molar-refractivity contribution < 1.29 is 24.2 Å². The lowest BCUT2D eigenvalue weighted by Crippen LogP contribution is -2.49. The Hall–Kier alpha value is -3.61. The van der Waals surface area contributed by atoms with Gasteiger partial charge < -0.3 is 20.1 Å². The van der Waals surface area contributed by atoms with Gasteiger partial charge in [-0.1, -0.05) is 60.2 Å². The first kappa shape index (κ1) is 25.0. The summed E-state index contributed by atoms with van der Waals surface area (Å²) in [6.45, 7) is 6.20. The van der Waals surface area contributed by atoms with Crippen LogP contribution in [0.2, 0.25) is 0 Å². The minimum Gasteiger partial charge on any atom is -0.481 e. The largest absolute Gasteiger partial charge is 0.481 e. The van der Waals surface area contributed by atoms with Crippen LogP contribution in [0.15, 0.2) is 60.2 Å². The lowest BCUT2D eigenvalue weighted by atomic mass is 9.98. The molecule has 0 fully saturated rings. The number of hydrogen-bond acceptors (Lipinski definition) is 4. The van der Waals surface area contributed by atoms with Crippen LogP contribution in [-0.2, 0) is 14.3 Å². The fourth-order valence-electron chi connectivity index (χ4n) is 4.23. The minimum absolute atomic E-state index is 0.0761. The first-order valence-corrected chi connectivity index (χ1v) is 11.6. The summed E-state index contributed by atoms with van der Waals surface area (Å²) in [5.74, 6) is -1.38. The van der Waals surface area contributed by atoms with Gasteiger partial charge in [-0.2, -0.15) is 0 Å². The zero-order chi connectivity index (χ0) is 24.7. The number of ether oxygens (including phenoxy) is 1. The predicted octanol–water partition coefficient (Wildman–Crippen LogP) is 4.57. The van der Waals surface area contributed by atoms with Gasteiger partial charge in [-0.25, -0.2) is 4.79 Å². The van der Waals surface area contributed by atoms with Gasteiger partial charge in [0.15, 0.2) is 0 Å². The second-order valence-corrected chi connectivity index (χ2v) is 8.60. The average Bonchev–Trinajstić information content (AvgIpc) is 3.14. The summed E-state index contributed by atoms with van der Waals surface area (Å²) >= 11 is 0. The molecule has 1 atom stereocenters. The first-order valence-electron chi connectivity index (χ1n) is 11.6. The van der Waals surface area contributed by atoms with Gasteiger partial charge in [-0.15, -0.1) is 0 Å². The van der Waals surface area contributed by atoms with E-state index in [1.165, 1.54) is 4.90 Å². The number of aliphatic carboxylic acids is 1. The van der Waals surface area contributed by atoms with Gasteiger partial charge in [0, 0.05) is 19.0 Å². The second-order valence-electron chi connectivity index (χ2n) is 8.60. The summed E-state index contributed by atoms with van der Waals surface area (Å²) in [7, 11) is 0. The Morgan fingerprint density at radius 3 is 2.18 bits per heavy atom. The van der Waals surface area contributed by atoms with Crippen LogP contribution in [0.1, 0.15) is 50.7 Å². The maximum atomic E-state index is 13.1. The molecular formula is C27H32N2O5. The summed E-state index contributed by atoms with van der Waals surface area (Å²) in [6, 6.07) is 15.3. The molecule has 0 radical (unpaired) electrons. The highest BCUT2D eigenvalue weighted by atomic mass is 16.5. The average molecular weight is 465 g/mol. The normalized spacial score (nSPS) is 12.8. The molecule has 0 saturated heterocycles. The molecule has 1 aliphatic rings. The van der Waals surface area contributed by atoms with Crippen molar-refractivity contribution in [3.8, 4) is 11.1 Å². The van der Waals surface area contributed by atoms with E-state index in [-0.39, 0.29) is 31.4 Å². The maximum Gasteiger partial charge on any atom is 0.407 e. The molecule has 3 rings (SSSR count). The molecule has 1 aliphatic carbocycles. The number of likely N-dealkylation sites (N-methyl/N-ethyl adjacent to an activating group) is 1. The number of carbonyl (C=O) groups is 3. The van der Waals surface area contributed by atoms with Crippen LogP contribution in [0.3, 0.4) is 0 Å². The van der Waals surface area contributed by atoms with Crippen LogP contribution in [0.25, 0.3) is 11.1 Å². The molecule has 0 bridgehead atoms. The minimum atomic E-state index is -0.975. The van der Waals surface area contributed by atoms with E-state index in [9.17, 15) is 14.4 Å². The van der Waals surface area contributed by atoms with Crippen LogP contribution >= 0.6 is 0 Å². The Labute approximate surface area is 200 Å². The Bertz CT molecular complexity index is 1030. The monoisotopic (exact) mass is 464 g/mol. The van der Waals surface area contributed by atoms with E-state index < -0.39 is 18.1 Å². The molecule has 7 heteroatoms. The number of hydrogen-bond donors (Lipinski definition) is 2. The number of rotatable bonds is 10. The molecule has 2 amide bonds. The third kappa shape index (κ3) is 6.04. The van der Waals surface area contributed by atoms with Crippen LogP contribution in [-0.4, -0.2) is 53.7 Å². The number of benzene rings is 2. The lowest BCUT2D eigenvalue weighted by Gasteiger charge is -2.26. The number of allylic oxidation sites excluding steroid dienone is 1. The topological polar surface area (TPSA) is 95.9 Å². The predicted molar refractivity (Wildman–Crippen MR) is 131 cm³/mol. The number of nitrogens with zero attached hydrogens (tertiary/aromatic N) is 1. The highest BCUT2D eigenvalue weighted by Gasteiger charge is 2.30. The summed E-state index contributed by atoms with van der Waals surface area (Å²) in [4.78, 5) is 38.2. The van der Waals surface area contributed by atoms with Crippen molar-refractivity contribution in [2.24, 2.45) is 0 Å². The van der Waals surface area contributed by atoms with E-state index in [0.29, 0.717) is 13.0 Å². The third-order valence-electron chi connectivity index (χ3n) is 5.98. The molecular weight excluding hydrogens is 432 g/mol. The van der Waals surface area contributed by atoms with Crippen molar-refractivity contribution in [3.63, 3.8) is 0 Å². The van der Waals surface area contributed by atoms with E-state index >= 15 is 0 Å². The Morgan fingerprint density at radius 2 is 1.65 bits per heavy atom. The van der Waals surface area contributed by atoms with Crippen LogP contribution in [0.5, 0.6) is 0 Å². The van der Waals surface area contributed by atoms with Gasteiger partial charge in [0.05, 0.1) is 6.42 Å². The molecule has 1 unspecified atom stereocenters. The van der Waals surface area contributed by atoms with Gasteiger partial charge in [0.2, 0.25) is 5.91 Å². The molecule has 34 heavy (non-hydrogen) atoms. The number of carbonyl (C=O) groups excluding carboxylic acids is 2. The van der Waals surface area contributed by atoms with E-state index in [1.807, 2.05) is 56.3 Å². The molecule has 2 aromatic rings. The molecule has 0 aromatic heterocycles. The van der Waals surface area contributed by atoms with Gasteiger partial charge in [-0.3, -0.25) is 9.59 Å². The number of nitrogens with one attached hydrogen (secondary N) is 1. The summed E-state index contributed by atoms with van der Waals surface area (Å²) in [5, 5.41) is 11.7. The maximum absolute atomic E-state index is 13.1. The van der Waals surface area contributed by atoms with Crippen molar-refractivity contribution in [2.75, 3.05) is 19.7 Å². The quantitative estimate of drug-likeness (QED) is 0.502. The van der Waals surface area contributed by atoms with Gasteiger partial charge in [-0.05, 0) is 49.4 Å². The fourth-order valence-corrected chi connectivity index (χ4v) is 4.23. The molecule has 2 N–H and O–H groups in total. The Morgan fingerprint density at radius 1 is 1.06 bits per heavy atom. The molecule has 0 spiro atoms. The second kappa shape index (κ2) is 11.5.